The molecular weight excluding hydrogens is 409 g/mol. The quantitative estimate of drug-likeness (QED) is 0.441. The first-order valence-corrected chi connectivity index (χ1v) is 9.88. The zero-order valence-electron chi connectivity index (χ0n) is 17.1. The Morgan fingerprint density at radius 1 is 1.16 bits per heavy atom. The van der Waals surface area contributed by atoms with Gasteiger partial charge < -0.3 is 10.3 Å². The number of nitrogens with zero attached hydrogens (tertiary/aromatic N) is 3. The Balaban J connectivity index is 1.69. The van der Waals surface area contributed by atoms with Gasteiger partial charge in [-0.1, -0.05) is 6.58 Å². The number of rotatable bonds is 7. The van der Waals surface area contributed by atoms with Crippen LogP contribution in [0.4, 0.5) is 4.39 Å². The van der Waals surface area contributed by atoms with E-state index in [0.717, 1.165) is 22.3 Å². The van der Waals surface area contributed by atoms with E-state index in [1.165, 1.54) is 24.3 Å². The molecule has 1 aromatic carbocycles. The summed E-state index contributed by atoms with van der Waals surface area (Å²) < 4.78 is 15.1. The minimum absolute atomic E-state index is 0.173. The van der Waals surface area contributed by atoms with Crippen molar-refractivity contribution in [3.8, 4) is 22.5 Å². The zero-order chi connectivity index (χ0) is 22.5. The van der Waals surface area contributed by atoms with Gasteiger partial charge in [0.05, 0.1) is 17.9 Å². The van der Waals surface area contributed by atoms with E-state index in [9.17, 15) is 14.0 Å². The van der Waals surface area contributed by atoms with Crippen molar-refractivity contribution in [1.29, 1.82) is 0 Å². The monoisotopic (exact) mass is 429 g/mol. The molecule has 0 radical (unpaired) electrons. The third kappa shape index (κ3) is 4.86. The number of halogens is 1. The molecule has 8 heteroatoms. The van der Waals surface area contributed by atoms with E-state index in [2.05, 4.69) is 27.0 Å². The van der Waals surface area contributed by atoms with E-state index >= 15 is 0 Å². The van der Waals surface area contributed by atoms with Crippen molar-refractivity contribution in [1.82, 2.24) is 25.1 Å². The molecule has 4 aromatic rings. The second-order valence-electron chi connectivity index (χ2n) is 7.12. The summed E-state index contributed by atoms with van der Waals surface area (Å²) in [7, 11) is 0. The van der Waals surface area contributed by atoms with Crippen molar-refractivity contribution in [2.45, 2.75) is 13.1 Å². The van der Waals surface area contributed by atoms with Crippen LogP contribution in [0.3, 0.4) is 0 Å². The molecule has 0 aliphatic carbocycles. The SMILES string of the molecule is C=CC(=O)NCc1cnc(-c2ccc(F)cc2)cc1-c1ccn(Cc2cc[nH]c(=O)c2)n1. The summed E-state index contributed by atoms with van der Waals surface area (Å²) in [5.41, 5.74) is 4.31. The molecule has 0 saturated heterocycles. The van der Waals surface area contributed by atoms with Gasteiger partial charge >= 0.3 is 0 Å². The van der Waals surface area contributed by atoms with Crippen molar-refractivity contribution < 1.29 is 9.18 Å². The molecule has 3 aromatic heterocycles. The van der Waals surface area contributed by atoms with Gasteiger partial charge in [-0.2, -0.15) is 5.10 Å². The fraction of sp³-hybridized carbons (Fsp3) is 0.0833. The Kier molecular flexibility index (Phi) is 6.03. The van der Waals surface area contributed by atoms with Gasteiger partial charge in [0.1, 0.15) is 5.82 Å². The lowest BCUT2D eigenvalue weighted by Crippen LogP contribution is -2.20. The highest BCUT2D eigenvalue weighted by atomic mass is 19.1. The lowest BCUT2D eigenvalue weighted by molar-refractivity contribution is -0.116. The lowest BCUT2D eigenvalue weighted by atomic mass is 10.0. The highest BCUT2D eigenvalue weighted by Gasteiger charge is 2.13. The zero-order valence-corrected chi connectivity index (χ0v) is 17.1. The van der Waals surface area contributed by atoms with E-state index in [1.54, 1.807) is 29.2 Å². The van der Waals surface area contributed by atoms with E-state index in [-0.39, 0.29) is 23.8 Å². The highest BCUT2D eigenvalue weighted by molar-refractivity contribution is 5.87. The van der Waals surface area contributed by atoms with E-state index in [1.807, 2.05) is 24.4 Å². The summed E-state index contributed by atoms with van der Waals surface area (Å²) in [6.45, 7) is 4.15. The minimum Gasteiger partial charge on any atom is -0.348 e. The van der Waals surface area contributed by atoms with Crippen LogP contribution in [-0.2, 0) is 17.9 Å². The molecule has 0 fully saturated rings. The van der Waals surface area contributed by atoms with Crippen molar-refractivity contribution >= 4 is 5.91 Å². The molecule has 7 nitrogen and oxygen atoms in total. The first kappa shape index (κ1) is 20.9. The molecule has 4 rings (SSSR count). The number of H-pyrrole nitrogens is 1. The largest absolute Gasteiger partial charge is 0.348 e. The maximum Gasteiger partial charge on any atom is 0.248 e. The molecule has 160 valence electrons. The van der Waals surface area contributed by atoms with Gasteiger partial charge in [0.25, 0.3) is 0 Å². The van der Waals surface area contributed by atoms with Gasteiger partial charge in [0, 0.05) is 42.3 Å². The average Bonchev–Trinajstić information content (AvgIpc) is 3.26. The van der Waals surface area contributed by atoms with Crippen molar-refractivity contribution in [3.05, 3.63) is 107 Å². The number of nitrogens with one attached hydrogen (secondary N) is 2. The number of carbonyl (C=O) groups excluding carboxylic acids is 1. The summed E-state index contributed by atoms with van der Waals surface area (Å²) in [6.07, 6.45) is 6.30. The molecule has 0 atom stereocenters. The van der Waals surface area contributed by atoms with Crippen LogP contribution < -0.4 is 10.9 Å². The fourth-order valence-electron chi connectivity index (χ4n) is 3.26. The predicted octanol–water partition coefficient (Wildman–Crippen LogP) is 3.29. The third-order valence-corrected chi connectivity index (χ3v) is 4.87. The van der Waals surface area contributed by atoms with Gasteiger partial charge in [-0.25, -0.2) is 4.39 Å². The molecular formula is C24H20FN5O2. The summed E-state index contributed by atoms with van der Waals surface area (Å²) >= 11 is 0. The van der Waals surface area contributed by atoms with E-state index in [4.69, 9.17) is 0 Å². The van der Waals surface area contributed by atoms with Crippen LogP contribution in [-0.4, -0.2) is 25.7 Å². The molecule has 3 heterocycles. The molecule has 0 spiro atoms. The molecule has 32 heavy (non-hydrogen) atoms. The second-order valence-corrected chi connectivity index (χ2v) is 7.12. The van der Waals surface area contributed by atoms with Crippen LogP contribution in [0, 0.1) is 5.82 Å². The fourth-order valence-corrected chi connectivity index (χ4v) is 3.26. The van der Waals surface area contributed by atoms with Crippen LogP contribution in [0.25, 0.3) is 22.5 Å². The van der Waals surface area contributed by atoms with Crippen LogP contribution in [0.1, 0.15) is 11.1 Å². The molecule has 0 aliphatic heterocycles. The van der Waals surface area contributed by atoms with Crippen molar-refractivity contribution in [2.24, 2.45) is 0 Å². The Morgan fingerprint density at radius 2 is 1.97 bits per heavy atom. The normalized spacial score (nSPS) is 10.7. The van der Waals surface area contributed by atoms with Gasteiger partial charge in [-0.05, 0) is 59.7 Å². The maximum atomic E-state index is 13.3. The number of benzene rings is 1. The molecule has 0 saturated carbocycles. The number of amides is 1. The molecule has 2 N–H and O–H groups in total. The third-order valence-electron chi connectivity index (χ3n) is 4.87. The summed E-state index contributed by atoms with van der Waals surface area (Å²) in [5.74, 6) is -0.616. The lowest BCUT2D eigenvalue weighted by Gasteiger charge is -2.11. The Bertz CT molecular complexity index is 1320. The van der Waals surface area contributed by atoms with Crippen LogP contribution >= 0.6 is 0 Å². The summed E-state index contributed by atoms with van der Waals surface area (Å²) in [4.78, 5) is 30.3. The number of pyridine rings is 2. The minimum atomic E-state index is -0.323. The molecule has 0 bridgehead atoms. The van der Waals surface area contributed by atoms with E-state index in [0.29, 0.717) is 17.9 Å². The number of aromatic nitrogens is 4. The number of hydrogen-bond donors (Lipinski definition) is 2. The van der Waals surface area contributed by atoms with Crippen molar-refractivity contribution in [3.63, 3.8) is 0 Å². The van der Waals surface area contributed by atoms with Crippen molar-refractivity contribution in [2.75, 3.05) is 0 Å². The predicted molar refractivity (Wildman–Crippen MR) is 119 cm³/mol. The highest BCUT2D eigenvalue weighted by Crippen LogP contribution is 2.27. The molecule has 0 unspecified atom stereocenters. The Morgan fingerprint density at radius 3 is 2.72 bits per heavy atom. The van der Waals surface area contributed by atoms with Gasteiger partial charge in [-0.3, -0.25) is 19.3 Å². The number of hydrogen-bond acceptors (Lipinski definition) is 4. The summed E-state index contributed by atoms with van der Waals surface area (Å²) in [5, 5.41) is 7.41. The maximum absolute atomic E-state index is 13.3. The van der Waals surface area contributed by atoms with Gasteiger partial charge in [0.2, 0.25) is 11.5 Å². The number of carbonyl (C=O) groups is 1. The number of aromatic amines is 1. The Labute approximate surface area is 183 Å². The average molecular weight is 429 g/mol. The van der Waals surface area contributed by atoms with E-state index < -0.39 is 0 Å². The second kappa shape index (κ2) is 9.22. The smallest absolute Gasteiger partial charge is 0.248 e. The molecule has 0 aliphatic rings. The van der Waals surface area contributed by atoms with Crippen LogP contribution in [0.5, 0.6) is 0 Å². The van der Waals surface area contributed by atoms with Crippen LogP contribution in [0.2, 0.25) is 0 Å². The summed E-state index contributed by atoms with van der Waals surface area (Å²) in [6, 6.07) is 13.1. The van der Waals surface area contributed by atoms with Gasteiger partial charge in [0.15, 0.2) is 0 Å². The Hall–Kier alpha value is -4.33. The van der Waals surface area contributed by atoms with Crippen LogP contribution in [0.15, 0.2) is 84.6 Å². The topological polar surface area (TPSA) is 92.7 Å². The first-order valence-electron chi connectivity index (χ1n) is 9.88. The molecule has 1 amide bonds. The van der Waals surface area contributed by atoms with Gasteiger partial charge in [-0.15, -0.1) is 0 Å². The first-order chi connectivity index (χ1) is 15.5. The standard InChI is InChI=1S/C24H20FN5O2/c1-2-23(31)28-14-18-13-27-22(17-3-5-19(25)6-4-17)12-20(18)21-8-10-30(29-21)15-16-7-9-26-24(32)11-16/h2-13H,1,14-15H2,(H,26,32)(H,28,31).